The first-order valence-electron chi connectivity index (χ1n) is 7.50. The zero-order valence-electron chi connectivity index (χ0n) is 11.9. The first kappa shape index (κ1) is 12.7. The van der Waals surface area contributed by atoms with Crippen LogP contribution in [0.1, 0.15) is 30.1 Å². The van der Waals surface area contributed by atoms with Gasteiger partial charge in [-0.3, -0.25) is 0 Å². The molecule has 1 fully saturated rings. The first-order valence-corrected chi connectivity index (χ1v) is 7.50. The highest BCUT2D eigenvalue weighted by molar-refractivity contribution is 5.43. The molecule has 1 aliphatic carbocycles. The van der Waals surface area contributed by atoms with Crippen LogP contribution >= 0.6 is 0 Å². The Hall–Kier alpha value is -2.01. The van der Waals surface area contributed by atoms with Crippen LogP contribution in [0.25, 0.3) is 0 Å². The third-order valence-electron chi connectivity index (χ3n) is 3.93. The van der Waals surface area contributed by atoms with Gasteiger partial charge in [0.05, 0.1) is 12.0 Å². The molecule has 0 radical (unpaired) electrons. The van der Waals surface area contributed by atoms with E-state index < -0.39 is 0 Å². The smallest absolute Gasteiger partial charge is 0.161 e. The molecule has 1 saturated carbocycles. The first-order chi connectivity index (χ1) is 10.4. The van der Waals surface area contributed by atoms with Crippen molar-refractivity contribution in [1.29, 1.82) is 0 Å². The van der Waals surface area contributed by atoms with Crippen molar-refractivity contribution < 1.29 is 9.47 Å². The Labute approximate surface area is 123 Å². The quantitative estimate of drug-likeness (QED) is 0.915. The second kappa shape index (κ2) is 5.41. The molecule has 1 aliphatic heterocycles. The predicted molar refractivity (Wildman–Crippen MR) is 78.5 cm³/mol. The summed E-state index contributed by atoms with van der Waals surface area (Å²) in [5.74, 6) is 1.69. The lowest BCUT2D eigenvalue weighted by atomic mass is 10.2. The number of hydrogen-bond acceptors (Lipinski definition) is 4. The highest BCUT2D eigenvalue weighted by Crippen LogP contribution is 2.35. The van der Waals surface area contributed by atoms with E-state index in [0.717, 1.165) is 24.6 Å². The highest BCUT2D eigenvalue weighted by Gasteiger charge is 2.24. The second-order valence-corrected chi connectivity index (χ2v) is 5.60. The van der Waals surface area contributed by atoms with E-state index in [0.29, 0.717) is 19.3 Å². The van der Waals surface area contributed by atoms with Crippen LogP contribution in [0.5, 0.6) is 11.5 Å². The number of nitrogens with one attached hydrogen (secondary N) is 1. The van der Waals surface area contributed by atoms with Gasteiger partial charge in [-0.15, -0.1) is 0 Å². The summed E-state index contributed by atoms with van der Waals surface area (Å²) in [5, 5.41) is 3.48. The van der Waals surface area contributed by atoms with Crippen molar-refractivity contribution in [3.8, 4) is 11.5 Å². The molecule has 1 aromatic heterocycles. The summed E-state index contributed by atoms with van der Waals surface area (Å²) in [6.07, 6.45) is 6.46. The van der Waals surface area contributed by atoms with Crippen LogP contribution in [0, 0.1) is 0 Å². The third kappa shape index (κ3) is 2.74. The Kier molecular flexibility index (Phi) is 3.27. The Morgan fingerprint density at radius 3 is 2.86 bits per heavy atom. The van der Waals surface area contributed by atoms with E-state index >= 15 is 0 Å². The lowest BCUT2D eigenvalue weighted by Gasteiger charge is -2.19. The lowest BCUT2D eigenvalue weighted by Crippen LogP contribution is -2.17. The predicted octanol–water partition coefficient (Wildman–Crippen LogP) is 2.28. The molecule has 5 heteroatoms. The number of rotatable bonds is 5. The molecule has 1 N–H and O–H groups in total. The summed E-state index contributed by atoms with van der Waals surface area (Å²) < 4.78 is 13.4. The lowest BCUT2D eigenvalue weighted by molar-refractivity contribution is 0.171. The van der Waals surface area contributed by atoms with Gasteiger partial charge in [-0.1, -0.05) is 6.07 Å². The largest absolute Gasteiger partial charge is 0.486 e. The van der Waals surface area contributed by atoms with Gasteiger partial charge in [0, 0.05) is 25.3 Å². The summed E-state index contributed by atoms with van der Waals surface area (Å²) in [5.41, 5.74) is 2.46. The molecule has 2 aromatic rings. The van der Waals surface area contributed by atoms with Gasteiger partial charge in [0.25, 0.3) is 0 Å². The van der Waals surface area contributed by atoms with Crippen molar-refractivity contribution in [2.45, 2.75) is 32.0 Å². The summed E-state index contributed by atoms with van der Waals surface area (Å²) in [4.78, 5) is 4.25. The van der Waals surface area contributed by atoms with Gasteiger partial charge in [0.15, 0.2) is 11.5 Å². The maximum atomic E-state index is 5.61. The van der Waals surface area contributed by atoms with Crippen molar-refractivity contribution in [2.75, 3.05) is 13.2 Å². The van der Waals surface area contributed by atoms with E-state index in [1.54, 1.807) is 0 Å². The summed E-state index contributed by atoms with van der Waals surface area (Å²) in [6.45, 7) is 2.91. The van der Waals surface area contributed by atoms with Crippen molar-refractivity contribution in [2.24, 2.45) is 0 Å². The van der Waals surface area contributed by atoms with Crippen LogP contribution in [-0.2, 0) is 13.1 Å². The molecule has 4 rings (SSSR count). The zero-order valence-corrected chi connectivity index (χ0v) is 11.9. The summed E-state index contributed by atoms with van der Waals surface area (Å²) in [7, 11) is 0. The van der Waals surface area contributed by atoms with Crippen LogP contribution in [0.3, 0.4) is 0 Å². The van der Waals surface area contributed by atoms with Crippen LogP contribution < -0.4 is 14.8 Å². The minimum Gasteiger partial charge on any atom is -0.486 e. The number of imidazole rings is 1. The Morgan fingerprint density at radius 2 is 2.00 bits per heavy atom. The number of hydrogen-bond donors (Lipinski definition) is 1. The van der Waals surface area contributed by atoms with E-state index in [-0.39, 0.29) is 0 Å². The van der Waals surface area contributed by atoms with Gasteiger partial charge >= 0.3 is 0 Å². The molecule has 0 unspecified atom stereocenters. The topological polar surface area (TPSA) is 48.3 Å². The van der Waals surface area contributed by atoms with Gasteiger partial charge in [-0.05, 0) is 30.5 Å². The van der Waals surface area contributed by atoms with E-state index in [2.05, 4.69) is 27.0 Å². The normalized spacial score (nSPS) is 17.0. The average Bonchev–Trinajstić information content (AvgIpc) is 3.26. The van der Waals surface area contributed by atoms with Gasteiger partial charge in [0.1, 0.15) is 13.2 Å². The molecule has 21 heavy (non-hydrogen) atoms. The fourth-order valence-corrected chi connectivity index (χ4v) is 2.68. The average molecular weight is 285 g/mol. The molecule has 2 aliphatic rings. The SMILES string of the molecule is c1cc2c(cc1CNCc1cncn1C1CC1)OCCO2. The molecule has 1 aromatic carbocycles. The molecule has 0 atom stereocenters. The minimum absolute atomic E-state index is 0.629. The van der Waals surface area contributed by atoms with Crippen molar-refractivity contribution in [3.05, 3.63) is 42.0 Å². The molecule has 0 spiro atoms. The highest BCUT2D eigenvalue weighted by atomic mass is 16.6. The van der Waals surface area contributed by atoms with Gasteiger partial charge in [0.2, 0.25) is 0 Å². The van der Waals surface area contributed by atoms with Crippen LogP contribution in [0.2, 0.25) is 0 Å². The number of fused-ring (bicyclic) bond motifs is 1. The molecule has 5 nitrogen and oxygen atoms in total. The van der Waals surface area contributed by atoms with Crippen LogP contribution in [0.15, 0.2) is 30.7 Å². The summed E-state index contributed by atoms with van der Waals surface area (Å²) >= 11 is 0. The maximum absolute atomic E-state index is 5.61. The monoisotopic (exact) mass is 285 g/mol. The molecule has 0 bridgehead atoms. The number of aromatic nitrogens is 2. The van der Waals surface area contributed by atoms with Crippen molar-refractivity contribution in [1.82, 2.24) is 14.9 Å². The van der Waals surface area contributed by atoms with Crippen molar-refractivity contribution in [3.63, 3.8) is 0 Å². The summed E-state index contributed by atoms with van der Waals surface area (Å²) in [6, 6.07) is 6.80. The molecule has 2 heterocycles. The maximum Gasteiger partial charge on any atom is 0.161 e. The van der Waals surface area contributed by atoms with E-state index in [1.165, 1.54) is 24.1 Å². The number of benzene rings is 1. The van der Waals surface area contributed by atoms with Crippen molar-refractivity contribution >= 4 is 0 Å². The fraction of sp³-hybridized carbons (Fsp3) is 0.438. The molecular weight excluding hydrogens is 266 g/mol. The molecule has 0 saturated heterocycles. The standard InChI is InChI=1S/C16H19N3O2/c1-4-15-16(21-6-5-20-15)7-12(1)8-17-9-14-10-18-11-19(14)13-2-3-13/h1,4,7,10-11,13,17H,2-3,5-6,8-9H2. The van der Waals surface area contributed by atoms with Gasteiger partial charge in [-0.2, -0.15) is 0 Å². The Morgan fingerprint density at radius 1 is 1.14 bits per heavy atom. The Bertz CT molecular complexity index is 634. The molecular formula is C16H19N3O2. The van der Waals surface area contributed by atoms with Gasteiger partial charge in [-0.25, -0.2) is 4.98 Å². The van der Waals surface area contributed by atoms with Crippen LogP contribution in [-0.4, -0.2) is 22.8 Å². The minimum atomic E-state index is 0.629. The third-order valence-corrected chi connectivity index (χ3v) is 3.93. The molecule has 110 valence electrons. The zero-order chi connectivity index (χ0) is 14.1. The Balaban J connectivity index is 1.37. The van der Waals surface area contributed by atoms with E-state index in [1.807, 2.05) is 18.6 Å². The fourth-order valence-electron chi connectivity index (χ4n) is 2.68. The van der Waals surface area contributed by atoms with Gasteiger partial charge < -0.3 is 19.4 Å². The van der Waals surface area contributed by atoms with E-state index in [4.69, 9.17) is 9.47 Å². The van der Waals surface area contributed by atoms with Crippen LogP contribution in [0.4, 0.5) is 0 Å². The second-order valence-electron chi connectivity index (χ2n) is 5.60. The van der Waals surface area contributed by atoms with E-state index in [9.17, 15) is 0 Å². The molecule has 0 amide bonds. The number of ether oxygens (including phenoxy) is 2. The number of nitrogens with zero attached hydrogens (tertiary/aromatic N) is 2.